The molecule has 0 rings (SSSR count). The van der Waals surface area contributed by atoms with E-state index in [9.17, 15) is 0 Å². The van der Waals surface area contributed by atoms with Gasteiger partial charge in [0.25, 0.3) is 0 Å². The summed E-state index contributed by atoms with van der Waals surface area (Å²) in [6.07, 6.45) is 115. The summed E-state index contributed by atoms with van der Waals surface area (Å²) in [4.78, 5) is 0. The Kier molecular flexibility index (Phi) is 106. The van der Waals surface area contributed by atoms with Gasteiger partial charge < -0.3 is 0 Å². The molecular formula is C122H256. The highest BCUT2D eigenvalue weighted by molar-refractivity contribution is 4.80. The van der Waals surface area contributed by atoms with Crippen LogP contribution in [0.25, 0.3) is 0 Å². The predicted octanol–water partition coefficient (Wildman–Crippen LogP) is 47.3. The van der Waals surface area contributed by atoms with Crippen LogP contribution in [0.3, 0.4) is 0 Å². The van der Waals surface area contributed by atoms with Crippen molar-refractivity contribution in [3.8, 4) is 0 Å². The summed E-state index contributed by atoms with van der Waals surface area (Å²) in [5.74, 6) is 5.64. The lowest BCUT2D eigenvalue weighted by molar-refractivity contribution is 0.200. The third kappa shape index (κ3) is 104. The fraction of sp³-hybridized carbons (Fsp3) is 1.00. The maximum atomic E-state index is 2.46. The third-order valence-electron chi connectivity index (χ3n) is 29.2. The Morgan fingerprint density at radius 3 is 0.213 bits per heavy atom. The van der Waals surface area contributed by atoms with E-state index < -0.39 is 0 Å². The lowest BCUT2D eigenvalue weighted by Gasteiger charge is -2.31. The molecule has 0 saturated heterocycles. The average molecular weight is 1720 g/mol. The van der Waals surface area contributed by atoms with Crippen molar-refractivity contribution in [3.63, 3.8) is 0 Å². The van der Waals surface area contributed by atoms with Crippen LogP contribution >= 0.6 is 0 Å². The SMILES string of the molecule is CCCCCCC(CCCCCC)C(C)(C)C.CCCCCCCCC(CCCCCC)C(C)(C)C.CCCCCCCCC(CCCCCC)C(C)(C)C.CCCCCCCCC(CCCCCCCC)C(C)(C)C.CCCCCCCCCCC(CCCCCCCC)C(C)(C)C.CCCCCCCCCCC(CCCCCCCC)C(C)(C)C. The van der Waals surface area contributed by atoms with Crippen molar-refractivity contribution in [2.45, 2.75) is 721 Å². The van der Waals surface area contributed by atoms with Gasteiger partial charge in [-0.1, -0.05) is 644 Å². The Bertz CT molecular complexity index is 1720. The Morgan fingerprint density at radius 1 is 0.0902 bits per heavy atom. The van der Waals surface area contributed by atoms with Crippen molar-refractivity contribution < 1.29 is 0 Å². The topological polar surface area (TPSA) is 0 Å². The molecule has 0 aromatic heterocycles. The molecule has 4 unspecified atom stereocenters. The molecule has 0 aliphatic heterocycles. The van der Waals surface area contributed by atoms with E-state index in [0.717, 1.165) is 35.5 Å². The van der Waals surface area contributed by atoms with Crippen molar-refractivity contribution in [2.24, 2.45) is 68.0 Å². The molecule has 0 bridgehead atoms. The van der Waals surface area contributed by atoms with Gasteiger partial charge in [-0.2, -0.15) is 0 Å². The summed E-state index contributed by atoms with van der Waals surface area (Å²) in [5, 5.41) is 0. The van der Waals surface area contributed by atoms with Crippen molar-refractivity contribution in [1.82, 2.24) is 0 Å². The fourth-order valence-electron chi connectivity index (χ4n) is 19.4. The Morgan fingerprint density at radius 2 is 0.148 bits per heavy atom. The minimum atomic E-state index is 0.505. The van der Waals surface area contributed by atoms with Gasteiger partial charge in [0.15, 0.2) is 0 Å². The van der Waals surface area contributed by atoms with Gasteiger partial charge in [-0.15, -0.1) is 0 Å². The second-order valence-electron chi connectivity index (χ2n) is 47.6. The first kappa shape index (κ1) is 133. The monoisotopic (exact) mass is 1720 g/mol. The summed E-state index contributed by atoms with van der Waals surface area (Å²) < 4.78 is 0. The summed E-state index contributed by atoms with van der Waals surface area (Å²) in [5.41, 5.74) is 3.05. The highest BCUT2D eigenvalue weighted by Crippen LogP contribution is 2.41. The highest BCUT2D eigenvalue weighted by atomic mass is 14.3. The summed E-state index contributed by atoms with van der Waals surface area (Å²) in [6.45, 7) is 71.6. The molecule has 0 N–H and O–H groups in total. The molecule has 0 spiro atoms. The molecule has 0 nitrogen and oxygen atoms in total. The number of unbranched alkanes of at least 4 members (excludes halogenated alkanes) is 56. The quantitative estimate of drug-likeness (QED) is 0.0533. The Balaban J connectivity index is -0.000000332. The van der Waals surface area contributed by atoms with Crippen LogP contribution in [0.1, 0.15) is 721 Å². The van der Waals surface area contributed by atoms with E-state index in [1.807, 2.05) is 0 Å². The lowest BCUT2D eigenvalue weighted by Crippen LogP contribution is -2.20. The van der Waals surface area contributed by atoms with Crippen LogP contribution in [-0.2, 0) is 0 Å². The summed E-state index contributed by atoms with van der Waals surface area (Å²) >= 11 is 0. The molecule has 0 amide bonds. The van der Waals surface area contributed by atoms with Gasteiger partial charge in [0, 0.05) is 0 Å². The van der Waals surface area contributed by atoms with E-state index in [-0.39, 0.29) is 0 Å². The second-order valence-corrected chi connectivity index (χ2v) is 47.6. The van der Waals surface area contributed by atoms with Crippen LogP contribution in [0.2, 0.25) is 0 Å². The van der Waals surface area contributed by atoms with Crippen molar-refractivity contribution in [2.75, 3.05) is 0 Å². The van der Waals surface area contributed by atoms with Crippen LogP contribution in [0.5, 0.6) is 0 Å². The molecule has 4 atom stereocenters. The number of hydrogen-bond donors (Lipinski definition) is 0. The maximum absolute atomic E-state index is 2.46. The molecule has 122 heavy (non-hydrogen) atoms. The predicted molar refractivity (Wildman–Crippen MR) is 575 cm³/mol. The maximum Gasteiger partial charge on any atom is -0.0354 e. The van der Waals surface area contributed by atoms with Gasteiger partial charge in [0.1, 0.15) is 0 Å². The third-order valence-corrected chi connectivity index (χ3v) is 29.2. The van der Waals surface area contributed by atoms with E-state index in [2.05, 4.69) is 208 Å². The average Bonchev–Trinajstić information content (AvgIpc) is 0.943. The zero-order valence-corrected chi connectivity index (χ0v) is 93.0. The highest BCUT2D eigenvalue weighted by Gasteiger charge is 2.29. The molecule has 0 radical (unpaired) electrons. The lowest BCUT2D eigenvalue weighted by atomic mass is 9.75. The van der Waals surface area contributed by atoms with E-state index in [1.165, 1.54) is 514 Å². The molecule has 0 aromatic rings. The first-order valence-electron chi connectivity index (χ1n) is 58.1. The minimum Gasteiger partial charge on any atom is -0.0654 e. The Labute approximate surface area is 784 Å². The summed E-state index contributed by atoms with van der Waals surface area (Å²) in [7, 11) is 0. The van der Waals surface area contributed by atoms with E-state index in [4.69, 9.17) is 0 Å². The van der Waals surface area contributed by atoms with Gasteiger partial charge >= 0.3 is 0 Å². The molecule has 0 fully saturated rings. The zero-order chi connectivity index (χ0) is 93.0. The first-order valence-corrected chi connectivity index (χ1v) is 58.1. The molecule has 0 heterocycles. The first-order chi connectivity index (χ1) is 58.1. The van der Waals surface area contributed by atoms with Crippen LogP contribution in [0, 0.1) is 68.0 Å². The fourth-order valence-corrected chi connectivity index (χ4v) is 19.4. The minimum absolute atomic E-state index is 0.505. The molecule has 0 heteroatoms. The van der Waals surface area contributed by atoms with Crippen LogP contribution < -0.4 is 0 Å². The van der Waals surface area contributed by atoms with Crippen LogP contribution in [0.4, 0.5) is 0 Å². The van der Waals surface area contributed by atoms with Gasteiger partial charge in [0.05, 0.1) is 0 Å². The van der Waals surface area contributed by atoms with E-state index >= 15 is 0 Å². The van der Waals surface area contributed by atoms with Crippen molar-refractivity contribution in [3.05, 3.63) is 0 Å². The molecule has 0 aromatic carbocycles. The summed E-state index contributed by atoms with van der Waals surface area (Å²) in [6, 6.07) is 0. The van der Waals surface area contributed by atoms with Crippen LogP contribution in [0.15, 0.2) is 0 Å². The van der Waals surface area contributed by atoms with Gasteiger partial charge in [-0.25, -0.2) is 0 Å². The zero-order valence-electron chi connectivity index (χ0n) is 93.0. The van der Waals surface area contributed by atoms with Gasteiger partial charge in [-0.05, 0) is 145 Å². The van der Waals surface area contributed by atoms with E-state index in [1.54, 1.807) is 0 Å². The van der Waals surface area contributed by atoms with Crippen molar-refractivity contribution >= 4 is 0 Å². The Hall–Kier alpha value is 0. The van der Waals surface area contributed by atoms with Crippen LogP contribution in [-0.4, -0.2) is 0 Å². The molecule has 0 saturated carbocycles. The number of rotatable bonds is 80. The largest absolute Gasteiger partial charge is 0.0654 e. The molecule has 0 aliphatic carbocycles. The smallest absolute Gasteiger partial charge is 0.0354 e. The second kappa shape index (κ2) is 97.0. The standard InChI is InChI=1S/2C23H48.C21H44.2C19H40.C17H36/c2*1-6-8-10-12-14-15-17-19-21-22(23(3,4)5)20-18-16-13-11-9-7-2;1-6-8-10-12-14-16-18-20(21(3,4)5)19-17-15-13-11-9-7-2;2*1-6-8-10-12-13-15-17-18(19(3,4)5)16-14-11-9-7-2;1-6-8-10-12-14-16(17(3,4)5)15-13-11-9-7-2/h2*22H,6-21H2,1-5H3;20H,6-19H2,1-5H3;2*18H,6-17H2,1-5H3;16H,6-15H2,1-5H3. The normalized spacial score (nSPS) is 13.2. The molecular weight excluding hydrogens is 1470 g/mol. The van der Waals surface area contributed by atoms with E-state index in [0.29, 0.717) is 32.5 Å². The van der Waals surface area contributed by atoms with Crippen molar-refractivity contribution in [1.29, 1.82) is 0 Å². The van der Waals surface area contributed by atoms with Gasteiger partial charge in [0.2, 0.25) is 0 Å². The number of hydrogen-bond acceptors (Lipinski definition) is 0. The molecule has 744 valence electrons. The molecule has 0 aliphatic rings. The van der Waals surface area contributed by atoms with Gasteiger partial charge in [-0.3, -0.25) is 0 Å².